The van der Waals surface area contributed by atoms with E-state index in [-0.39, 0.29) is 6.03 Å². The number of hydrogen-bond donors (Lipinski definition) is 1. The Kier molecular flexibility index (Phi) is 5.34. The Bertz CT molecular complexity index is 501. The molecule has 0 bridgehead atoms. The van der Waals surface area contributed by atoms with Gasteiger partial charge >= 0.3 is 6.03 Å². The molecule has 0 spiro atoms. The molecule has 1 aliphatic carbocycles. The van der Waals surface area contributed by atoms with Crippen molar-refractivity contribution in [1.82, 2.24) is 4.90 Å². The van der Waals surface area contributed by atoms with E-state index in [4.69, 9.17) is 16.3 Å². The summed E-state index contributed by atoms with van der Waals surface area (Å²) in [4.78, 5) is 14.4. The molecule has 1 aliphatic rings. The van der Waals surface area contributed by atoms with Gasteiger partial charge in [0, 0.05) is 18.3 Å². The van der Waals surface area contributed by atoms with Gasteiger partial charge in [-0.25, -0.2) is 4.79 Å². The van der Waals surface area contributed by atoms with Crippen LogP contribution >= 0.6 is 11.6 Å². The van der Waals surface area contributed by atoms with Crippen LogP contribution in [0.3, 0.4) is 0 Å². The molecular formula is C16H23ClN2O2. The third-order valence-electron chi connectivity index (χ3n) is 3.60. The van der Waals surface area contributed by atoms with Crippen molar-refractivity contribution in [3.05, 3.63) is 23.2 Å². The molecule has 4 nitrogen and oxygen atoms in total. The number of benzene rings is 1. The summed E-state index contributed by atoms with van der Waals surface area (Å²) < 4.78 is 5.11. The maximum Gasteiger partial charge on any atom is 0.322 e. The van der Waals surface area contributed by atoms with Crippen LogP contribution in [0.2, 0.25) is 5.02 Å². The molecule has 1 saturated carbocycles. The highest BCUT2D eigenvalue weighted by molar-refractivity contribution is 6.32. The zero-order valence-corrected chi connectivity index (χ0v) is 13.6. The first kappa shape index (κ1) is 16.0. The summed E-state index contributed by atoms with van der Waals surface area (Å²) in [6.07, 6.45) is 3.23. The molecule has 0 radical (unpaired) electrons. The average molecular weight is 311 g/mol. The van der Waals surface area contributed by atoms with Crippen molar-refractivity contribution in [1.29, 1.82) is 0 Å². The van der Waals surface area contributed by atoms with E-state index in [1.54, 1.807) is 25.3 Å². The van der Waals surface area contributed by atoms with Crippen LogP contribution in [0.15, 0.2) is 18.2 Å². The average Bonchev–Trinajstić information content (AvgIpc) is 3.23. The van der Waals surface area contributed by atoms with Gasteiger partial charge in [-0.1, -0.05) is 25.4 Å². The third-order valence-corrected chi connectivity index (χ3v) is 3.89. The summed E-state index contributed by atoms with van der Waals surface area (Å²) in [7, 11) is 1.57. The van der Waals surface area contributed by atoms with Gasteiger partial charge in [0.2, 0.25) is 0 Å². The van der Waals surface area contributed by atoms with E-state index >= 15 is 0 Å². The Morgan fingerprint density at radius 1 is 1.48 bits per heavy atom. The van der Waals surface area contributed by atoms with Crippen molar-refractivity contribution < 1.29 is 9.53 Å². The first-order chi connectivity index (χ1) is 10.0. The number of methoxy groups -OCH3 is 1. The lowest BCUT2D eigenvalue weighted by atomic mass is 10.1. The first-order valence-electron chi connectivity index (χ1n) is 7.42. The standard InChI is InChI=1S/C16H23ClN2O2/c1-11(2)8-9-19(13-5-6-13)16(20)18-12-4-7-15(21-3)14(17)10-12/h4,7,10-11,13H,5-6,8-9H2,1-3H3,(H,18,20). The van der Waals surface area contributed by atoms with E-state index in [1.165, 1.54) is 0 Å². The van der Waals surface area contributed by atoms with Gasteiger partial charge < -0.3 is 15.0 Å². The van der Waals surface area contributed by atoms with E-state index in [0.29, 0.717) is 28.4 Å². The molecule has 0 atom stereocenters. The molecule has 0 aromatic heterocycles. The minimum absolute atomic E-state index is 0.0422. The maximum atomic E-state index is 12.4. The van der Waals surface area contributed by atoms with Crippen LogP contribution in [-0.2, 0) is 0 Å². The Labute approximate surface area is 131 Å². The first-order valence-corrected chi connectivity index (χ1v) is 7.80. The third kappa shape index (κ3) is 4.53. The Balaban J connectivity index is 1.99. The molecule has 116 valence electrons. The number of urea groups is 1. The smallest absolute Gasteiger partial charge is 0.322 e. The molecule has 1 N–H and O–H groups in total. The number of anilines is 1. The minimum Gasteiger partial charge on any atom is -0.495 e. The number of halogens is 1. The predicted octanol–water partition coefficient (Wildman–Crippen LogP) is 4.39. The van der Waals surface area contributed by atoms with E-state index in [9.17, 15) is 4.79 Å². The molecule has 1 aromatic rings. The molecular weight excluding hydrogens is 288 g/mol. The number of ether oxygens (including phenoxy) is 1. The summed E-state index contributed by atoms with van der Waals surface area (Å²) in [5, 5.41) is 3.42. The van der Waals surface area contributed by atoms with Crippen molar-refractivity contribution in [2.45, 2.75) is 39.2 Å². The van der Waals surface area contributed by atoms with Crippen LogP contribution in [0.25, 0.3) is 0 Å². The van der Waals surface area contributed by atoms with Gasteiger partial charge in [-0.15, -0.1) is 0 Å². The van der Waals surface area contributed by atoms with Crippen LogP contribution in [-0.4, -0.2) is 30.6 Å². The van der Waals surface area contributed by atoms with Gasteiger partial charge in [-0.3, -0.25) is 0 Å². The van der Waals surface area contributed by atoms with Crippen molar-refractivity contribution in [2.24, 2.45) is 5.92 Å². The van der Waals surface area contributed by atoms with Crippen molar-refractivity contribution in [2.75, 3.05) is 19.0 Å². The highest BCUT2D eigenvalue weighted by Crippen LogP contribution is 2.30. The van der Waals surface area contributed by atoms with Gasteiger partial charge in [0.1, 0.15) is 5.75 Å². The fourth-order valence-corrected chi connectivity index (χ4v) is 2.43. The van der Waals surface area contributed by atoms with Gasteiger partial charge in [0.25, 0.3) is 0 Å². The lowest BCUT2D eigenvalue weighted by Crippen LogP contribution is -2.37. The Hall–Kier alpha value is -1.42. The van der Waals surface area contributed by atoms with E-state index in [2.05, 4.69) is 19.2 Å². The number of carbonyl (C=O) groups is 1. The molecule has 0 saturated heterocycles. The fraction of sp³-hybridized carbons (Fsp3) is 0.562. The summed E-state index contributed by atoms with van der Waals surface area (Å²) in [5.74, 6) is 1.20. The summed E-state index contributed by atoms with van der Waals surface area (Å²) in [6.45, 7) is 5.15. The number of rotatable bonds is 6. The number of hydrogen-bond acceptors (Lipinski definition) is 2. The monoisotopic (exact) mass is 310 g/mol. The number of amides is 2. The topological polar surface area (TPSA) is 41.6 Å². The zero-order valence-electron chi connectivity index (χ0n) is 12.9. The number of nitrogens with one attached hydrogen (secondary N) is 1. The second-order valence-electron chi connectivity index (χ2n) is 5.89. The van der Waals surface area contributed by atoms with Crippen LogP contribution in [0, 0.1) is 5.92 Å². The van der Waals surface area contributed by atoms with Crippen molar-refractivity contribution in [3.63, 3.8) is 0 Å². The molecule has 5 heteroatoms. The highest BCUT2D eigenvalue weighted by atomic mass is 35.5. The van der Waals surface area contributed by atoms with Crippen LogP contribution in [0.5, 0.6) is 5.75 Å². The van der Waals surface area contributed by atoms with E-state index in [1.807, 2.05) is 4.90 Å². The van der Waals surface area contributed by atoms with Gasteiger partial charge in [-0.2, -0.15) is 0 Å². The molecule has 1 fully saturated rings. The van der Waals surface area contributed by atoms with Crippen molar-refractivity contribution >= 4 is 23.3 Å². The molecule has 21 heavy (non-hydrogen) atoms. The van der Waals surface area contributed by atoms with Gasteiger partial charge in [-0.05, 0) is 43.4 Å². The van der Waals surface area contributed by atoms with Crippen LogP contribution in [0.4, 0.5) is 10.5 Å². The Morgan fingerprint density at radius 3 is 2.71 bits per heavy atom. The second kappa shape index (κ2) is 7.03. The number of carbonyl (C=O) groups excluding carboxylic acids is 1. The molecule has 2 rings (SSSR count). The fourth-order valence-electron chi connectivity index (χ4n) is 2.17. The molecule has 0 aliphatic heterocycles. The van der Waals surface area contributed by atoms with Gasteiger partial charge in [0.15, 0.2) is 0 Å². The minimum atomic E-state index is -0.0422. The predicted molar refractivity (Wildman–Crippen MR) is 86.2 cm³/mol. The van der Waals surface area contributed by atoms with E-state index in [0.717, 1.165) is 25.8 Å². The normalized spacial score (nSPS) is 14.1. The van der Waals surface area contributed by atoms with Crippen LogP contribution in [0.1, 0.15) is 33.1 Å². The molecule has 0 heterocycles. The zero-order chi connectivity index (χ0) is 15.4. The quantitative estimate of drug-likeness (QED) is 0.846. The lowest BCUT2D eigenvalue weighted by Gasteiger charge is -2.24. The highest BCUT2D eigenvalue weighted by Gasteiger charge is 2.32. The summed E-state index contributed by atoms with van der Waals surface area (Å²) in [5.41, 5.74) is 0.695. The molecule has 2 amide bonds. The van der Waals surface area contributed by atoms with E-state index < -0.39 is 0 Å². The van der Waals surface area contributed by atoms with Crippen molar-refractivity contribution in [3.8, 4) is 5.75 Å². The summed E-state index contributed by atoms with van der Waals surface area (Å²) in [6, 6.07) is 5.63. The molecule has 1 aromatic carbocycles. The molecule has 0 unspecified atom stereocenters. The second-order valence-corrected chi connectivity index (χ2v) is 6.29. The van der Waals surface area contributed by atoms with Gasteiger partial charge in [0.05, 0.1) is 12.1 Å². The summed E-state index contributed by atoms with van der Waals surface area (Å²) >= 11 is 6.08. The SMILES string of the molecule is COc1ccc(NC(=O)N(CCC(C)C)C2CC2)cc1Cl. The maximum absolute atomic E-state index is 12.4. The van der Waals surface area contributed by atoms with Crippen LogP contribution < -0.4 is 10.1 Å². The number of nitrogens with zero attached hydrogens (tertiary/aromatic N) is 1. The Morgan fingerprint density at radius 2 is 2.19 bits per heavy atom. The lowest BCUT2D eigenvalue weighted by molar-refractivity contribution is 0.205. The largest absolute Gasteiger partial charge is 0.495 e.